The normalized spacial score (nSPS) is 10.3. The van der Waals surface area contributed by atoms with Crippen molar-refractivity contribution in [2.24, 2.45) is 0 Å². The van der Waals surface area contributed by atoms with Crippen molar-refractivity contribution < 1.29 is 0 Å². The molecule has 4 nitrogen and oxygen atoms in total. The summed E-state index contributed by atoms with van der Waals surface area (Å²) in [5.74, 6) is 1.20. The van der Waals surface area contributed by atoms with Gasteiger partial charge in [-0.25, -0.2) is 4.98 Å². The van der Waals surface area contributed by atoms with Gasteiger partial charge in [0.05, 0.1) is 10.7 Å². The second-order valence-electron chi connectivity index (χ2n) is 4.85. The molecule has 0 amide bonds. The van der Waals surface area contributed by atoms with E-state index in [0.717, 1.165) is 5.82 Å². The fraction of sp³-hybridized carbons (Fsp3) is 0.0588. The third kappa shape index (κ3) is 4.34. The van der Waals surface area contributed by atoms with E-state index in [4.69, 9.17) is 23.2 Å². The fourth-order valence-corrected chi connectivity index (χ4v) is 2.47. The van der Waals surface area contributed by atoms with E-state index in [1.165, 1.54) is 5.56 Å². The van der Waals surface area contributed by atoms with Crippen molar-refractivity contribution in [2.45, 2.75) is 6.54 Å². The number of rotatable bonds is 5. The van der Waals surface area contributed by atoms with Gasteiger partial charge in [-0.1, -0.05) is 53.5 Å². The highest BCUT2D eigenvalue weighted by Crippen LogP contribution is 2.27. The first-order chi connectivity index (χ1) is 11.2. The number of hydrogen-bond acceptors (Lipinski definition) is 4. The lowest BCUT2D eigenvalue weighted by Gasteiger charge is -2.09. The Bertz CT molecular complexity index is 794. The molecular weight excluding hydrogens is 331 g/mol. The molecule has 0 spiro atoms. The molecule has 0 unspecified atom stereocenters. The van der Waals surface area contributed by atoms with Crippen molar-refractivity contribution >= 4 is 40.7 Å². The number of benzene rings is 2. The zero-order valence-corrected chi connectivity index (χ0v) is 13.6. The molecule has 6 heteroatoms. The Morgan fingerprint density at radius 3 is 2.57 bits per heavy atom. The van der Waals surface area contributed by atoms with E-state index in [-0.39, 0.29) is 0 Å². The summed E-state index contributed by atoms with van der Waals surface area (Å²) in [4.78, 5) is 8.62. The molecule has 2 N–H and O–H groups in total. The van der Waals surface area contributed by atoms with Crippen molar-refractivity contribution in [1.82, 2.24) is 9.97 Å². The van der Waals surface area contributed by atoms with Gasteiger partial charge in [-0.3, -0.25) is 0 Å². The van der Waals surface area contributed by atoms with E-state index in [2.05, 4.69) is 32.7 Å². The minimum atomic E-state index is 0.465. The smallest absolute Gasteiger partial charge is 0.229 e. The molecule has 116 valence electrons. The van der Waals surface area contributed by atoms with Crippen LogP contribution in [-0.2, 0) is 6.54 Å². The van der Waals surface area contributed by atoms with Crippen LogP contribution in [0, 0.1) is 0 Å². The average molecular weight is 345 g/mol. The Morgan fingerprint density at radius 2 is 1.78 bits per heavy atom. The second kappa shape index (κ2) is 7.31. The molecule has 0 fully saturated rings. The van der Waals surface area contributed by atoms with Crippen LogP contribution in [0.5, 0.6) is 0 Å². The van der Waals surface area contributed by atoms with Crippen LogP contribution in [0.15, 0.2) is 60.8 Å². The maximum absolute atomic E-state index is 6.14. The Hall–Kier alpha value is -2.30. The molecule has 0 saturated heterocycles. The molecular formula is C17H14Cl2N4. The minimum Gasteiger partial charge on any atom is -0.366 e. The van der Waals surface area contributed by atoms with Crippen LogP contribution in [0.3, 0.4) is 0 Å². The number of nitrogens with zero attached hydrogens (tertiary/aromatic N) is 2. The van der Waals surface area contributed by atoms with Gasteiger partial charge in [0.25, 0.3) is 0 Å². The number of halogens is 2. The first-order valence-corrected chi connectivity index (χ1v) is 7.79. The van der Waals surface area contributed by atoms with Crippen molar-refractivity contribution in [3.8, 4) is 0 Å². The molecule has 3 aromatic rings. The number of anilines is 3. The monoisotopic (exact) mass is 344 g/mol. The van der Waals surface area contributed by atoms with Gasteiger partial charge < -0.3 is 10.6 Å². The minimum absolute atomic E-state index is 0.465. The molecule has 1 heterocycles. The predicted octanol–water partition coefficient (Wildman–Crippen LogP) is 5.14. The van der Waals surface area contributed by atoms with Crippen molar-refractivity contribution in [3.05, 3.63) is 76.4 Å². The van der Waals surface area contributed by atoms with Crippen LogP contribution in [0.25, 0.3) is 0 Å². The first kappa shape index (κ1) is 15.6. The summed E-state index contributed by atoms with van der Waals surface area (Å²) in [6.07, 6.45) is 1.69. The summed E-state index contributed by atoms with van der Waals surface area (Å²) >= 11 is 12.0. The largest absolute Gasteiger partial charge is 0.366 e. The van der Waals surface area contributed by atoms with Gasteiger partial charge in [-0.15, -0.1) is 0 Å². The quantitative estimate of drug-likeness (QED) is 0.672. The molecule has 0 saturated carbocycles. The van der Waals surface area contributed by atoms with Gasteiger partial charge in [-0.2, -0.15) is 4.98 Å². The van der Waals surface area contributed by atoms with E-state index in [0.29, 0.717) is 28.2 Å². The zero-order chi connectivity index (χ0) is 16.1. The topological polar surface area (TPSA) is 49.8 Å². The molecule has 1 aromatic heterocycles. The SMILES string of the molecule is Clc1ccc(Nc2nccc(NCc3ccccc3)n2)c(Cl)c1. The molecule has 3 rings (SSSR count). The van der Waals surface area contributed by atoms with Crippen molar-refractivity contribution in [1.29, 1.82) is 0 Å². The van der Waals surface area contributed by atoms with Gasteiger partial charge in [0.2, 0.25) is 5.95 Å². The lowest BCUT2D eigenvalue weighted by atomic mass is 10.2. The zero-order valence-electron chi connectivity index (χ0n) is 12.1. The molecule has 0 atom stereocenters. The Kier molecular flexibility index (Phi) is 4.95. The first-order valence-electron chi connectivity index (χ1n) is 7.03. The number of nitrogens with one attached hydrogen (secondary N) is 2. The summed E-state index contributed by atoms with van der Waals surface area (Å²) in [6, 6.07) is 17.2. The fourth-order valence-electron chi connectivity index (χ4n) is 2.02. The van der Waals surface area contributed by atoms with E-state index >= 15 is 0 Å². The molecule has 0 radical (unpaired) electrons. The predicted molar refractivity (Wildman–Crippen MR) is 95.5 cm³/mol. The van der Waals surface area contributed by atoms with E-state index in [1.54, 1.807) is 24.4 Å². The van der Waals surface area contributed by atoms with Gasteiger partial charge in [0.1, 0.15) is 5.82 Å². The standard InChI is InChI=1S/C17H14Cl2N4/c18-13-6-7-15(14(19)10-13)22-17-20-9-8-16(23-17)21-11-12-4-2-1-3-5-12/h1-10H,11H2,(H2,20,21,22,23). The highest BCUT2D eigenvalue weighted by Gasteiger charge is 2.04. The molecule has 23 heavy (non-hydrogen) atoms. The van der Waals surface area contributed by atoms with Crippen molar-refractivity contribution in [3.63, 3.8) is 0 Å². The summed E-state index contributed by atoms with van der Waals surface area (Å²) in [7, 11) is 0. The van der Waals surface area contributed by atoms with Crippen molar-refractivity contribution in [2.75, 3.05) is 10.6 Å². The van der Waals surface area contributed by atoms with Crippen LogP contribution in [0.2, 0.25) is 10.0 Å². The van der Waals surface area contributed by atoms with E-state index in [1.807, 2.05) is 24.3 Å². The third-order valence-corrected chi connectivity index (χ3v) is 3.70. The van der Waals surface area contributed by atoms with Gasteiger partial charge >= 0.3 is 0 Å². The molecule has 2 aromatic carbocycles. The molecule has 0 bridgehead atoms. The van der Waals surface area contributed by atoms with Crippen LogP contribution in [0.4, 0.5) is 17.5 Å². The number of hydrogen-bond donors (Lipinski definition) is 2. The van der Waals surface area contributed by atoms with Gasteiger partial charge in [0, 0.05) is 17.8 Å². The maximum Gasteiger partial charge on any atom is 0.229 e. The van der Waals surface area contributed by atoms with Crippen LogP contribution in [0.1, 0.15) is 5.56 Å². The highest BCUT2D eigenvalue weighted by atomic mass is 35.5. The van der Waals surface area contributed by atoms with Gasteiger partial charge in [-0.05, 0) is 29.8 Å². The van der Waals surface area contributed by atoms with E-state index < -0.39 is 0 Å². The molecule has 0 aliphatic rings. The van der Waals surface area contributed by atoms with Crippen LogP contribution < -0.4 is 10.6 Å². The van der Waals surface area contributed by atoms with E-state index in [9.17, 15) is 0 Å². The van der Waals surface area contributed by atoms with Gasteiger partial charge in [0.15, 0.2) is 0 Å². The Morgan fingerprint density at radius 1 is 0.957 bits per heavy atom. The second-order valence-corrected chi connectivity index (χ2v) is 5.70. The Labute approximate surface area is 144 Å². The average Bonchev–Trinajstić information content (AvgIpc) is 2.57. The summed E-state index contributed by atoms with van der Waals surface area (Å²) in [5.41, 5.74) is 1.89. The highest BCUT2D eigenvalue weighted by molar-refractivity contribution is 6.36. The lowest BCUT2D eigenvalue weighted by Crippen LogP contribution is -2.04. The maximum atomic E-state index is 6.14. The summed E-state index contributed by atoms with van der Waals surface area (Å²) in [6.45, 7) is 0.693. The van der Waals surface area contributed by atoms with Crippen LogP contribution in [-0.4, -0.2) is 9.97 Å². The lowest BCUT2D eigenvalue weighted by molar-refractivity contribution is 1.08. The summed E-state index contributed by atoms with van der Waals surface area (Å²) < 4.78 is 0. The summed E-state index contributed by atoms with van der Waals surface area (Å²) in [5, 5.41) is 7.45. The Balaban J connectivity index is 1.69. The third-order valence-electron chi connectivity index (χ3n) is 3.15. The number of aromatic nitrogens is 2. The molecule has 0 aliphatic heterocycles. The van der Waals surface area contributed by atoms with Crippen LogP contribution >= 0.6 is 23.2 Å². The molecule has 0 aliphatic carbocycles.